The number of carbonyl (C=O) groups is 2. The van der Waals surface area contributed by atoms with Crippen LogP contribution in [0.2, 0.25) is 0 Å². The summed E-state index contributed by atoms with van der Waals surface area (Å²) >= 11 is 0. The van der Waals surface area contributed by atoms with Crippen LogP contribution in [-0.2, 0) is 9.59 Å². The fourth-order valence-corrected chi connectivity index (χ4v) is 1.46. The van der Waals surface area contributed by atoms with Gasteiger partial charge in [0, 0.05) is 0 Å². The van der Waals surface area contributed by atoms with Gasteiger partial charge in [0.1, 0.15) is 0 Å². The lowest BCUT2D eigenvalue weighted by molar-refractivity contribution is -0.305. The van der Waals surface area contributed by atoms with Crippen molar-refractivity contribution in [3.63, 3.8) is 0 Å². The SMILES string of the molecule is CCC/C(C(=O)[O-])=C(\C(=O)[O-])C(C)(C)C. The molecule has 0 heterocycles. The lowest BCUT2D eigenvalue weighted by atomic mass is 9.82. The first-order valence-electron chi connectivity index (χ1n) is 4.88. The molecule has 0 bridgehead atoms. The lowest BCUT2D eigenvalue weighted by Crippen LogP contribution is -2.36. The van der Waals surface area contributed by atoms with Crippen LogP contribution in [0.25, 0.3) is 0 Å². The molecule has 0 aliphatic carbocycles. The first-order valence-corrected chi connectivity index (χ1v) is 4.88. The summed E-state index contributed by atoms with van der Waals surface area (Å²) in [5.74, 6) is -2.86. The van der Waals surface area contributed by atoms with E-state index in [0.29, 0.717) is 6.42 Å². The smallest absolute Gasteiger partial charge is 0.0683 e. The highest BCUT2D eigenvalue weighted by atomic mass is 16.4. The topological polar surface area (TPSA) is 80.3 Å². The first kappa shape index (κ1) is 13.7. The van der Waals surface area contributed by atoms with Gasteiger partial charge in [-0.1, -0.05) is 34.1 Å². The third-order valence-corrected chi connectivity index (χ3v) is 2.00. The van der Waals surface area contributed by atoms with Gasteiger partial charge in [0.25, 0.3) is 0 Å². The lowest BCUT2D eigenvalue weighted by Gasteiger charge is -2.28. The summed E-state index contributed by atoms with van der Waals surface area (Å²) < 4.78 is 0. The minimum absolute atomic E-state index is 0.162. The molecule has 4 heteroatoms. The Balaban J connectivity index is 5.57. The second-order valence-electron chi connectivity index (χ2n) is 4.43. The summed E-state index contributed by atoms with van der Waals surface area (Å²) in [7, 11) is 0. The van der Waals surface area contributed by atoms with Crippen molar-refractivity contribution in [3.05, 3.63) is 11.1 Å². The fourth-order valence-electron chi connectivity index (χ4n) is 1.46. The second-order valence-corrected chi connectivity index (χ2v) is 4.43. The molecule has 4 nitrogen and oxygen atoms in total. The van der Waals surface area contributed by atoms with Gasteiger partial charge < -0.3 is 19.8 Å². The van der Waals surface area contributed by atoms with Gasteiger partial charge in [0.15, 0.2) is 0 Å². The third-order valence-electron chi connectivity index (χ3n) is 2.00. The zero-order chi connectivity index (χ0) is 12.2. The van der Waals surface area contributed by atoms with Gasteiger partial charge >= 0.3 is 0 Å². The van der Waals surface area contributed by atoms with Gasteiger partial charge in [-0.3, -0.25) is 0 Å². The van der Waals surface area contributed by atoms with Crippen molar-refractivity contribution in [3.8, 4) is 0 Å². The van der Waals surface area contributed by atoms with Crippen LogP contribution in [0.4, 0.5) is 0 Å². The number of hydrogen-bond acceptors (Lipinski definition) is 4. The molecule has 0 spiro atoms. The summed E-state index contributed by atoms with van der Waals surface area (Å²) in [6.45, 7) is 6.68. The number of rotatable bonds is 4. The van der Waals surface area contributed by atoms with E-state index in [2.05, 4.69) is 0 Å². The summed E-state index contributed by atoms with van der Waals surface area (Å²) in [6, 6.07) is 0. The van der Waals surface area contributed by atoms with Gasteiger partial charge in [-0.05, 0) is 23.0 Å². The molecule has 0 aromatic rings. The Morgan fingerprint density at radius 1 is 1.07 bits per heavy atom. The number of carboxylic acids is 2. The average Bonchev–Trinajstić information content (AvgIpc) is 1.99. The molecule has 15 heavy (non-hydrogen) atoms. The van der Waals surface area contributed by atoms with Crippen molar-refractivity contribution >= 4 is 11.9 Å². The maximum absolute atomic E-state index is 10.9. The standard InChI is InChI=1S/C11H18O4/c1-5-6-7(9(12)13)8(10(14)15)11(2,3)4/h5-6H2,1-4H3,(H,12,13)(H,14,15)/p-2/b8-7-. The molecule has 86 valence electrons. The molecule has 0 saturated heterocycles. The Morgan fingerprint density at radius 2 is 1.53 bits per heavy atom. The van der Waals surface area contributed by atoms with E-state index in [4.69, 9.17) is 0 Å². The van der Waals surface area contributed by atoms with Gasteiger partial charge in [-0.25, -0.2) is 0 Å². The van der Waals surface area contributed by atoms with E-state index in [1.807, 2.05) is 0 Å². The van der Waals surface area contributed by atoms with Crippen molar-refractivity contribution in [2.24, 2.45) is 5.41 Å². The van der Waals surface area contributed by atoms with Crippen molar-refractivity contribution in [1.82, 2.24) is 0 Å². The summed E-state index contributed by atoms with van der Waals surface area (Å²) in [5.41, 5.74) is -1.10. The molecule has 0 saturated carbocycles. The largest absolute Gasteiger partial charge is 0.545 e. The maximum atomic E-state index is 10.9. The minimum Gasteiger partial charge on any atom is -0.545 e. The molecule has 0 atom stereocenters. The molecule has 0 amide bonds. The monoisotopic (exact) mass is 212 g/mol. The van der Waals surface area contributed by atoms with Crippen LogP contribution in [0.3, 0.4) is 0 Å². The van der Waals surface area contributed by atoms with Gasteiger partial charge in [0.05, 0.1) is 11.9 Å². The van der Waals surface area contributed by atoms with Crippen molar-refractivity contribution in [2.75, 3.05) is 0 Å². The van der Waals surface area contributed by atoms with E-state index in [9.17, 15) is 19.8 Å². The Labute approximate surface area is 89.6 Å². The number of aliphatic carboxylic acids is 2. The number of carbonyl (C=O) groups excluding carboxylic acids is 2. The summed E-state index contributed by atoms with van der Waals surface area (Å²) in [6.07, 6.45) is 0.735. The van der Waals surface area contributed by atoms with Crippen LogP contribution < -0.4 is 10.2 Å². The van der Waals surface area contributed by atoms with Crippen LogP contribution in [-0.4, -0.2) is 11.9 Å². The van der Waals surface area contributed by atoms with Crippen molar-refractivity contribution in [1.29, 1.82) is 0 Å². The van der Waals surface area contributed by atoms with Crippen LogP contribution in [0.1, 0.15) is 40.5 Å². The van der Waals surface area contributed by atoms with E-state index in [1.165, 1.54) is 0 Å². The number of carboxylic acid groups (broad SMARTS) is 2. The molecule has 0 N–H and O–H groups in total. The highest BCUT2D eigenvalue weighted by molar-refractivity contribution is 5.97. The van der Waals surface area contributed by atoms with Crippen LogP contribution in [0, 0.1) is 5.41 Å². The van der Waals surface area contributed by atoms with Gasteiger partial charge in [0.2, 0.25) is 0 Å². The van der Waals surface area contributed by atoms with E-state index >= 15 is 0 Å². The predicted octanol–water partition coefficient (Wildman–Crippen LogP) is -0.371. The number of hydrogen-bond donors (Lipinski definition) is 0. The highest BCUT2D eigenvalue weighted by Gasteiger charge is 2.22. The average molecular weight is 212 g/mol. The molecule has 0 aromatic carbocycles. The maximum Gasteiger partial charge on any atom is 0.0683 e. The molecule has 0 aliphatic rings. The summed E-state index contributed by atoms with van der Waals surface area (Å²) in [5, 5.41) is 21.7. The first-order chi connectivity index (χ1) is 6.71. The molecule has 0 aliphatic heterocycles. The Hall–Kier alpha value is -1.32. The second kappa shape index (κ2) is 4.96. The molecular weight excluding hydrogens is 196 g/mol. The van der Waals surface area contributed by atoms with Gasteiger partial charge in [-0.15, -0.1) is 0 Å². The summed E-state index contributed by atoms with van der Waals surface area (Å²) in [4.78, 5) is 21.7. The zero-order valence-corrected chi connectivity index (χ0v) is 9.55. The molecule has 0 aromatic heterocycles. The molecule has 0 fully saturated rings. The predicted molar refractivity (Wildman–Crippen MR) is 51.4 cm³/mol. The zero-order valence-electron chi connectivity index (χ0n) is 9.55. The normalized spacial score (nSPS) is 13.3. The molecule has 0 radical (unpaired) electrons. The Bertz CT molecular complexity index is 294. The van der Waals surface area contributed by atoms with Crippen LogP contribution >= 0.6 is 0 Å². The Kier molecular flexibility index (Phi) is 4.52. The van der Waals surface area contributed by atoms with Crippen LogP contribution in [0.15, 0.2) is 11.1 Å². The van der Waals surface area contributed by atoms with E-state index < -0.39 is 17.4 Å². The van der Waals surface area contributed by atoms with Crippen LogP contribution in [0.5, 0.6) is 0 Å². The van der Waals surface area contributed by atoms with Crippen molar-refractivity contribution < 1.29 is 19.8 Å². The molecule has 0 rings (SSSR count). The highest BCUT2D eigenvalue weighted by Crippen LogP contribution is 2.29. The van der Waals surface area contributed by atoms with Gasteiger partial charge in [-0.2, -0.15) is 0 Å². The Morgan fingerprint density at radius 3 is 1.73 bits per heavy atom. The van der Waals surface area contributed by atoms with E-state index in [1.54, 1.807) is 27.7 Å². The quantitative estimate of drug-likeness (QED) is 0.595. The van der Waals surface area contributed by atoms with E-state index in [0.717, 1.165) is 0 Å². The van der Waals surface area contributed by atoms with E-state index in [-0.39, 0.29) is 17.6 Å². The molecular formula is C11H16O4-2. The third kappa shape index (κ3) is 3.73. The molecule has 0 unspecified atom stereocenters. The minimum atomic E-state index is -1.44. The fraction of sp³-hybridized carbons (Fsp3) is 0.636. The van der Waals surface area contributed by atoms with Crippen molar-refractivity contribution in [2.45, 2.75) is 40.5 Å².